The van der Waals surface area contributed by atoms with E-state index in [1.165, 1.54) is 29.7 Å². The van der Waals surface area contributed by atoms with Crippen LogP contribution in [0.4, 0.5) is 5.69 Å². The van der Waals surface area contributed by atoms with E-state index in [1.807, 2.05) is 18.2 Å². The summed E-state index contributed by atoms with van der Waals surface area (Å²) >= 11 is 0. The number of anilines is 1. The second kappa shape index (κ2) is 8.58. The number of morpholine rings is 1. The zero-order valence-corrected chi connectivity index (χ0v) is 21.0. The Morgan fingerprint density at radius 3 is 2.57 bits per heavy atom. The fourth-order valence-electron chi connectivity index (χ4n) is 6.21. The minimum Gasteiger partial charge on any atom is -0.454 e. The molecular weight excluding hydrogens is 436 g/mol. The highest BCUT2D eigenvalue weighted by molar-refractivity contribution is 5.91. The van der Waals surface area contributed by atoms with E-state index >= 15 is 0 Å². The van der Waals surface area contributed by atoms with Crippen molar-refractivity contribution in [3.63, 3.8) is 0 Å². The lowest BCUT2D eigenvalue weighted by atomic mass is 9.78. The summed E-state index contributed by atoms with van der Waals surface area (Å²) in [4.78, 5) is 8.80. The molecule has 6 nitrogen and oxygen atoms in total. The first-order valence-electron chi connectivity index (χ1n) is 13.0. The maximum Gasteiger partial charge on any atom is 0.156 e. The van der Waals surface area contributed by atoms with E-state index in [4.69, 9.17) is 9.47 Å². The number of rotatable bonds is 3. The zero-order chi connectivity index (χ0) is 24.2. The highest BCUT2D eigenvalue weighted by Crippen LogP contribution is 2.52. The number of nitrogens with zero attached hydrogens (tertiary/aromatic N) is 3. The first-order chi connectivity index (χ1) is 17.0. The van der Waals surface area contributed by atoms with Gasteiger partial charge in [-0.05, 0) is 69.0 Å². The lowest BCUT2D eigenvalue weighted by molar-refractivity contribution is 0.0115. The number of nitriles is 1. The van der Waals surface area contributed by atoms with Crippen molar-refractivity contribution < 1.29 is 9.47 Å². The average Bonchev–Trinajstić information content (AvgIpc) is 3.27. The second-order valence-electron chi connectivity index (χ2n) is 10.6. The van der Waals surface area contributed by atoms with E-state index in [0.29, 0.717) is 11.6 Å². The van der Waals surface area contributed by atoms with Crippen LogP contribution in [0.1, 0.15) is 56.0 Å². The van der Waals surface area contributed by atoms with Crippen LogP contribution in [0.2, 0.25) is 0 Å². The molecule has 3 aliphatic heterocycles. The number of ether oxygens (including phenoxy) is 2. The van der Waals surface area contributed by atoms with E-state index < -0.39 is 0 Å². The largest absolute Gasteiger partial charge is 0.454 e. The van der Waals surface area contributed by atoms with E-state index in [2.05, 4.69) is 53.8 Å². The Kier molecular flexibility index (Phi) is 5.51. The molecule has 1 N–H and O–H groups in total. The third-order valence-electron chi connectivity index (χ3n) is 8.32. The number of nitrogens with one attached hydrogen (secondary N) is 1. The van der Waals surface area contributed by atoms with Crippen molar-refractivity contribution in [2.24, 2.45) is 0 Å². The van der Waals surface area contributed by atoms with E-state index in [0.717, 1.165) is 73.9 Å². The van der Waals surface area contributed by atoms with Gasteiger partial charge in [0.25, 0.3) is 0 Å². The quantitative estimate of drug-likeness (QED) is 0.560. The Bertz CT molecular complexity index is 1300. The average molecular weight is 471 g/mol. The molecule has 2 fully saturated rings. The topological polar surface area (TPSA) is 64.5 Å². The van der Waals surface area contributed by atoms with Crippen LogP contribution in [-0.4, -0.2) is 55.3 Å². The second-order valence-corrected chi connectivity index (χ2v) is 10.6. The standard InChI is InChI=1S/C29H34N4O2/c1-4-20-16-26-23(17-25(20)33-9-7-21(8-10-33)32-11-13-34-14-12-32)29(2,3)28-27(35-26)22-6-5-19(18-30)15-24(22)31-28/h5-6,15-17,21,31H,4,7-14H2,1-3H3. The molecule has 1 aromatic heterocycles. The van der Waals surface area contributed by atoms with Crippen molar-refractivity contribution in [2.45, 2.75) is 51.5 Å². The smallest absolute Gasteiger partial charge is 0.156 e. The number of hydrogen-bond acceptors (Lipinski definition) is 5. The summed E-state index contributed by atoms with van der Waals surface area (Å²) in [6.07, 6.45) is 3.38. The Hall–Kier alpha value is -3.01. The maximum absolute atomic E-state index is 9.34. The molecule has 0 unspecified atom stereocenters. The van der Waals surface area contributed by atoms with Crippen molar-refractivity contribution in [3.05, 3.63) is 52.7 Å². The van der Waals surface area contributed by atoms with E-state index in [-0.39, 0.29) is 5.41 Å². The summed E-state index contributed by atoms with van der Waals surface area (Å²) in [7, 11) is 0. The highest BCUT2D eigenvalue weighted by atomic mass is 16.5. The van der Waals surface area contributed by atoms with Crippen LogP contribution in [0.25, 0.3) is 10.9 Å². The number of piperidine rings is 1. The Balaban J connectivity index is 1.33. The number of aryl methyl sites for hydroxylation is 1. The lowest BCUT2D eigenvalue weighted by Gasteiger charge is -2.42. The fourth-order valence-corrected chi connectivity index (χ4v) is 6.21. The van der Waals surface area contributed by atoms with Gasteiger partial charge in [0.15, 0.2) is 5.75 Å². The van der Waals surface area contributed by atoms with Gasteiger partial charge in [-0.15, -0.1) is 0 Å². The molecule has 182 valence electrons. The van der Waals surface area contributed by atoms with Crippen LogP contribution in [0, 0.1) is 11.3 Å². The minimum atomic E-state index is -0.234. The van der Waals surface area contributed by atoms with Crippen LogP contribution >= 0.6 is 0 Å². The molecule has 0 aliphatic carbocycles. The van der Waals surface area contributed by atoms with E-state index in [9.17, 15) is 5.26 Å². The van der Waals surface area contributed by atoms with Gasteiger partial charge in [0.05, 0.1) is 36.1 Å². The van der Waals surface area contributed by atoms with Gasteiger partial charge < -0.3 is 19.4 Å². The summed E-state index contributed by atoms with van der Waals surface area (Å²) in [6, 6.07) is 13.4. The predicted octanol–water partition coefficient (Wildman–Crippen LogP) is 5.33. The molecule has 6 heteroatoms. The SMILES string of the molecule is CCc1cc2c(cc1N1CCC(N3CCOCC3)CC1)C(C)(C)c1[nH]c3cc(C#N)ccc3c1O2. The summed E-state index contributed by atoms with van der Waals surface area (Å²) in [5, 5.41) is 10.4. The molecule has 3 aromatic rings. The van der Waals surface area contributed by atoms with Crippen LogP contribution in [-0.2, 0) is 16.6 Å². The van der Waals surface area contributed by atoms with Crippen molar-refractivity contribution in [1.29, 1.82) is 5.26 Å². The number of H-pyrrole nitrogens is 1. The molecule has 0 atom stereocenters. The molecule has 35 heavy (non-hydrogen) atoms. The molecule has 2 aromatic carbocycles. The van der Waals surface area contributed by atoms with E-state index in [1.54, 1.807) is 0 Å². The number of benzene rings is 2. The molecule has 0 spiro atoms. The first kappa shape index (κ1) is 22.5. The summed E-state index contributed by atoms with van der Waals surface area (Å²) in [6.45, 7) is 12.8. The predicted molar refractivity (Wildman–Crippen MR) is 139 cm³/mol. The van der Waals surface area contributed by atoms with Gasteiger partial charge in [0, 0.05) is 54.3 Å². The Morgan fingerprint density at radius 1 is 1.09 bits per heavy atom. The van der Waals surface area contributed by atoms with Gasteiger partial charge in [-0.1, -0.05) is 6.92 Å². The van der Waals surface area contributed by atoms with Crippen molar-refractivity contribution in [3.8, 4) is 17.6 Å². The molecule has 0 saturated carbocycles. The lowest BCUT2D eigenvalue weighted by Crippen LogP contribution is -2.49. The van der Waals surface area contributed by atoms with Gasteiger partial charge >= 0.3 is 0 Å². The van der Waals surface area contributed by atoms with Gasteiger partial charge in [-0.25, -0.2) is 0 Å². The van der Waals surface area contributed by atoms with Gasteiger partial charge in [-0.2, -0.15) is 5.26 Å². The molecule has 0 amide bonds. The van der Waals surface area contributed by atoms with Crippen molar-refractivity contribution >= 4 is 16.6 Å². The number of aromatic nitrogens is 1. The highest BCUT2D eigenvalue weighted by Gasteiger charge is 2.38. The molecule has 0 radical (unpaired) electrons. The van der Waals surface area contributed by atoms with Crippen LogP contribution in [0.5, 0.6) is 11.5 Å². The third kappa shape index (κ3) is 3.69. The molecule has 0 bridgehead atoms. The maximum atomic E-state index is 9.34. The molecule has 4 heterocycles. The van der Waals surface area contributed by atoms with Crippen LogP contribution < -0.4 is 9.64 Å². The van der Waals surface area contributed by atoms with Crippen molar-refractivity contribution in [1.82, 2.24) is 9.88 Å². The Morgan fingerprint density at radius 2 is 1.86 bits per heavy atom. The monoisotopic (exact) mass is 470 g/mol. The van der Waals surface area contributed by atoms with Gasteiger partial charge in [0.2, 0.25) is 0 Å². The molecule has 6 rings (SSSR count). The molecular formula is C29H34N4O2. The summed E-state index contributed by atoms with van der Waals surface area (Å²) < 4.78 is 12.1. The van der Waals surface area contributed by atoms with Crippen LogP contribution in [0.3, 0.4) is 0 Å². The van der Waals surface area contributed by atoms with Crippen LogP contribution in [0.15, 0.2) is 30.3 Å². The zero-order valence-electron chi connectivity index (χ0n) is 21.0. The minimum absolute atomic E-state index is 0.234. The molecule has 2 saturated heterocycles. The summed E-state index contributed by atoms with van der Waals surface area (Å²) in [5.41, 5.74) is 6.38. The normalized spacial score (nSPS) is 20.2. The van der Waals surface area contributed by atoms with Gasteiger partial charge in [-0.3, -0.25) is 4.90 Å². The first-order valence-corrected chi connectivity index (χ1v) is 13.0. The third-order valence-corrected chi connectivity index (χ3v) is 8.32. The van der Waals surface area contributed by atoms with Crippen molar-refractivity contribution in [2.75, 3.05) is 44.3 Å². The molecule has 3 aliphatic rings. The number of fused-ring (bicyclic) bond motifs is 4. The number of aromatic amines is 1. The summed E-state index contributed by atoms with van der Waals surface area (Å²) in [5.74, 6) is 1.85. The fraction of sp³-hybridized carbons (Fsp3) is 0.483. The van der Waals surface area contributed by atoms with Gasteiger partial charge in [0.1, 0.15) is 5.75 Å². The Labute approximate surface area is 207 Å². The number of hydrogen-bond donors (Lipinski definition) is 1.